The van der Waals surface area contributed by atoms with E-state index < -0.39 is 0 Å². The monoisotopic (exact) mass is 280 g/mol. The summed E-state index contributed by atoms with van der Waals surface area (Å²) in [5.74, 6) is 1.57. The van der Waals surface area contributed by atoms with E-state index in [-0.39, 0.29) is 10.8 Å². The highest BCUT2D eigenvalue weighted by atomic mass is 16.1. The van der Waals surface area contributed by atoms with Crippen molar-refractivity contribution >= 4 is 5.78 Å². The number of aryl methyl sites for hydroxylation is 1. The molecule has 0 radical (unpaired) electrons. The van der Waals surface area contributed by atoms with Crippen molar-refractivity contribution in [3.63, 3.8) is 0 Å². The highest BCUT2D eigenvalue weighted by Crippen LogP contribution is 2.57. The van der Waals surface area contributed by atoms with E-state index in [1.165, 1.54) is 23.1 Å². The lowest BCUT2D eigenvalue weighted by molar-refractivity contribution is -0.126. The lowest BCUT2D eigenvalue weighted by atomic mass is 9.61. The molecule has 0 aromatic heterocycles. The van der Waals surface area contributed by atoms with Crippen LogP contribution in [-0.2, 0) is 22.0 Å². The van der Waals surface area contributed by atoms with Crippen molar-refractivity contribution in [3.8, 4) is 0 Å². The molecule has 1 fully saturated rings. The number of carbonyl (C=O) groups is 1. The molecule has 0 aliphatic heterocycles. The van der Waals surface area contributed by atoms with Gasteiger partial charge in [-0.1, -0.05) is 51.1 Å². The third-order valence-corrected chi connectivity index (χ3v) is 5.96. The van der Waals surface area contributed by atoms with Gasteiger partial charge in [0.1, 0.15) is 5.78 Å². The first-order valence-corrected chi connectivity index (χ1v) is 8.27. The van der Waals surface area contributed by atoms with Crippen LogP contribution in [0.2, 0.25) is 0 Å². The summed E-state index contributed by atoms with van der Waals surface area (Å²) in [6, 6.07) is 6.92. The molecule has 2 bridgehead atoms. The molecular formula is C20H24O. The number of Topliss-reactive ketones (excluding diaryl/α,β-unsaturated/α-hetero) is 1. The zero-order valence-corrected chi connectivity index (χ0v) is 13.3. The summed E-state index contributed by atoms with van der Waals surface area (Å²) in [6.07, 6.45) is 8.56. The van der Waals surface area contributed by atoms with Crippen molar-refractivity contribution in [1.29, 1.82) is 0 Å². The first-order chi connectivity index (χ1) is 9.91. The van der Waals surface area contributed by atoms with E-state index >= 15 is 0 Å². The van der Waals surface area contributed by atoms with Crippen molar-refractivity contribution < 1.29 is 4.79 Å². The third-order valence-electron chi connectivity index (χ3n) is 5.96. The van der Waals surface area contributed by atoms with E-state index in [1.807, 2.05) is 0 Å². The number of ketones is 1. The van der Waals surface area contributed by atoms with Gasteiger partial charge in [-0.2, -0.15) is 0 Å². The summed E-state index contributed by atoms with van der Waals surface area (Å²) in [6.45, 7) is 6.77. The first-order valence-electron chi connectivity index (χ1n) is 8.27. The topological polar surface area (TPSA) is 17.1 Å². The van der Waals surface area contributed by atoms with Crippen molar-refractivity contribution in [1.82, 2.24) is 0 Å². The lowest BCUT2D eigenvalue weighted by Gasteiger charge is -2.40. The number of benzene rings is 1. The van der Waals surface area contributed by atoms with Crippen LogP contribution < -0.4 is 0 Å². The molecule has 4 rings (SSSR count). The molecule has 1 saturated carbocycles. The molecule has 110 valence electrons. The second-order valence-electron chi connectivity index (χ2n) is 8.21. The van der Waals surface area contributed by atoms with Crippen molar-refractivity contribution in [2.75, 3.05) is 0 Å². The summed E-state index contributed by atoms with van der Waals surface area (Å²) < 4.78 is 0. The molecule has 1 spiro atoms. The highest BCUT2D eigenvalue weighted by Gasteiger charge is 2.55. The second kappa shape index (κ2) is 4.09. The Labute approximate surface area is 127 Å². The average Bonchev–Trinajstić information content (AvgIpc) is 3.03. The van der Waals surface area contributed by atoms with E-state index in [4.69, 9.17) is 0 Å². The molecule has 0 saturated heterocycles. The van der Waals surface area contributed by atoms with Gasteiger partial charge in [-0.25, -0.2) is 0 Å². The minimum Gasteiger partial charge on any atom is -0.299 e. The number of allylic oxidation sites excluding steroid dienone is 2. The van der Waals surface area contributed by atoms with Crippen LogP contribution >= 0.6 is 0 Å². The molecule has 1 aromatic rings. The fraction of sp³-hybridized carbons (Fsp3) is 0.550. The molecule has 1 heteroatoms. The molecule has 3 unspecified atom stereocenters. The lowest BCUT2D eigenvalue weighted by Crippen LogP contribution is -2.43. The first kappa shape index (κ1) is 13.3. The Balaban J connectivity index is 1.92. The average molecular weight is 280 g/mol. The fourth-order valence-corrected chi connectivity index (χ4v) is 4.78. The van der Waals surface area contributed by atoms with Gasteiger partial charge in [0.15, 0.2) is 0 Å². The van der Waals surface area contributed by atoms with E-state index in [2.05, 4.69) is 51.1 Å². The largest absolute Gasteiger partial charge is 0.299 e. The van der Waals surface area contributed by atoms with Gasteiger partial charge in [-0.15, -0.1) is 0 Å². The Bertz CT molecular complexity index is 646. The van der Waals surface area contributed by atoms with Gasteiger partial charge >= 0.3 is 0 Å². The van der Waals surface area contributed by atoms with Gasteiger partial charge in [-0.3, -0.25) is 4.79 Å². The number of hydrogen-bond donors (Lipinski definition) is 0. The van der Waals surface area contributed by atoms with Crippen molar-refractivity contribution in [2.45, 2.75) is 57.3 Å². The van der Waals surface area contributed by atoms with Gasteiger partial charge in [-0.05, 0) is 53.2 Å². The van der Waals surface area contributed by atoms with Gasteiger partial charge in [0.25, 0.3) is 0 Å². The van der Waals surface area contributed by atoms with Gasteiger partial charge < -0.3 is 0 Å². The summed E-state index contributed by atoms with van der Waals surface area (Å²) in [5.41, 5.74) is 4.10. The molecule has 3 atom stereocenters. The van der Waals surface area contributed by atoms with E-state index in [0.717, 1.165) is 19.3 Å². The molecule has 0 amide bonds. The minimum absolute atomic E-state index is 0.143. The van der Waals surface area contributed by atoms with Crippen LogP contribution in [0.3, 0.4) is 0 Å². The standard InChI is InChI=1S/C20H24O/c1-19(2,3)15-8-5-14-6-9-18(21)20(17(14)11-15)12-13-4-7-16(20)10-13/h4-5,7-8,11,13,16H,6,9-10,12H2,1-3H3. The van der Waals surface area contributed by atoms with Crippen LogP contribution in [0.5, 0.6) is 0 Å². The zero-order valence-electron chi connectivity index (χ0n) is 13.3. The maximum Gasteiger partial charge on any atom is 0.144 e. The van der Waals surface area contributed by atoms with E-state index in [1.54, 1.807) is 0 Å². The van der Waals surface area contributed by atoms with E-state index in [0.29, 0.717) is 17.6 Å². The molecule has 3 aliphatic rings. The van der Waals surface area contributed by atoms with Crippen LogP contribution in [0.1, 0.15) is 56.7 Å². The number of rotatable bonds is 0. The predicted octanol–water partition coefficient (Wildman–Crippen LogP) is 4.33. The quantitative estimate of drug-likeness (QED) is 0.646. The third kappa shape index (κ3) is 1.73. The van der Waals surface area contributed by atoms with Crippen LogP contribution in [0.15, 0.2) is 30.4 Å². The van der Waals surface area contributed by atoms with E-state index in [9.17, 15) is 4.79 Å². The Hall–Kier alpha value is -1.37. The Kier molecular flexibility index (Phi) is 2.59. The maximum atomic E-state index is 12.9. The number of hydrogen-bond acceptors (Lipinski definition) is 1. The molecule has 0 N–H and O–H groups in total. The highest BCUT2D eigenvalue weighted by molar-refractivity contribution is 5.94. The number of fused-ring (bicyclic) bond motifs is 5. The second-order valence-corrected chi connectivity index (χ2v) is 8.21. The summed E-state index contributed by atoms with van der Waals surface area (Å²) >= 11 is 0. The molecule has 0 heterocycles. The molecular weight excluding hydrogens is 256 g/mol. The Morgan fingerprint density at radius 2 is 1.95 bits per heavy atom. The maximum absolute atomic E-state index is 12.9. The molecule has 1 aromatic carbocycles. The smallest absolute Gasteiger partial charge is 0.144 e. The molecule has 3 aliphatic carbocycles. The van der Waals surface area contributed by atoms with Crippen molar-refractivity contribution in [2.24, 2.45) is 11.8 Å². The van der Waals surface area contributed by atoms with Crippen LogP contribution in [0.25, 0.3) is 0 Å². The van der Waals surface area contributed by atoms with Gasteiger partial charge in [0, 0.05) is 6.42 Å². The van der Waals surface area contributed by atoms with Gasteiger partial charge in [0.05, 0.1) is 5.41 Å². The predicted molar refractivity (Wildman–Crippen MR) is 85.5 cm³/mol. The van der Waals surface area contributed by atoms with Crippen molar-refractivity contribution in [3.05, 3.63) is 47.0 Å². The van der Waals surface area contributed by atoms with Crippen LogP contribution in [0, 0.1) is 11.8 Å². The summed E-state index contributed by atoms with van der Waals surface area (Å²) in [7, 11) is 0. The SMILES string of the molecule is CC(C)(C)c1ccc2c(c1)C1(CC3C=CC1C3)C(=O)CC2. The fourth-order valence-electron chi connectivity index (χ4n) is 4.78. The minimum atomic E-state index is -0.186. The Morgan fingerprint density at radius 1 is 1.14 bits per heavy atom. The summed E-state index contributed by atoms with van der Waals surface area (Å²) in [4.78, 5) is 12.9. The van der Waals surface area contributed by atoms with Gasteiger partial charge in [0.2, 0.25) is 0 Å². The van der Waals surface area contributed by atoms with Crippen LogP contribution in [0.4, 0.5) is 0 Å². The summed E-state index contributed by atoms with van der Waals surface area (Å²) in [5, 5.41) is 0. The normalized spacial score (nSPS) is 33.8. The Morgan fingerprint density at radius 3 is 2.57 bits per heavy atom. The molecule has 1 nitrogen and oxygen atoms in total. The zero-order chi connectivity index (χ0) is 14.8. The molecule has 21 heavy (non-hydrogen) atoms. The van der Waals surface area contributed by atoms with Crippen LogP contribution in [-0.4, -0.2) is 5.78 Å². The number of carbonyl (C=O) groups excluding carboxylic acids is 1.